The Bertz CT molecular complexity index is 529. The molecule has 0 fully saturated rings. The molecular formula is C13H12BrClN2. The molecule has 0 saturated heterocycles. The van der Waals surface area contributed by atoms with Crippen molar-refractivity contribution in [2.24, 2.45) is 0 Å². The fourth-order valence-electron chi connectivity index (χ4n) is 1.61. The Hall–Kier alpha value is -0.930. The van der Waals surface area contributed by atoms with Crippen molar-refractivity contribution in [3.63, 3.8) is 0 Å². The zero-order chi connectivity index (χ0) is 12.3. The molecule has 4 heteroatoms. The molecule has 0 unspecified atom stereocenters. The van der Waals surface area contributed by atoms with Crippen molar-refractivity contribution in [3.05, 3.63) is 57.0 Å². The van der Waals surface area contributed by atoms with Gasteiger partial charge >= 0.3 is 0 Å². The minimum absolute atomic E-state index is 0.516. The number of hydrogen-bond acceptors (Lipinski definition) is 2. The van der Waals surface area contributed by atoms with Crippen molar-refractivity contribution < 1.29 is 0 Å². The van der Waals surface area contributed by atoms with E-state index in [0.29, 0.717) is 11.6 Å². The van der Waals surface area contributed by atoms with E-state index in [0.717, 1.165) is 22.4 Å². The Kier molecular flexibility index (Phi) is 4.13. The highest BCUT2D eigenvalue weighted by atomic mass is 79.9. The van der Waals surface area contributed by atoms with Gasteiger partial charge in [0.15, 0.2) is 0 Å². The van der Waals surface area contributed by atoms with E-state index in [9.17, 15) is 0 Å². The van der Waals surface area contributed by atoms with Crippen LogP contribution in [0.25, 0.3) is 0 Å². The van der Waals surface area contributed by atoms with E-state index in [4.69, 9.17) is 11.6 Å². The lowest BCUT2D eigenvalue weighted by molar-refractivity contribution is 0.905. The van der Waals surface area contributed by atoms with Crippen LogP contribution in [-0.2, 0) is 12.8 Å². The van der Waals surface area contributed by atoms with Crippen LogP contribution in [0, 0.1) is 0 Å². The van der Waals surface area contributed by atoms with Crippen LogP contribution in [-0.4, -0.2) is 9.97 Å². The summed E-state index contributed by atoms with van der Waals surface area (Å²) >= 11 is 9.42. The van der Waals surface area contributed by atoms with Crippen LogP contribution < -0.4 is 0 Å². The predicted octanol–water partition coefficient (Wildman–Crippen LogP) is 4.05. The van der Waals surface area contributed by atoms with Gasteiger partial charge in [-0.05, 0) is 30.2 Å². The second-order valence-corrected chi connectivity index (χ2v) is 5.06. The van der Waals surface area contributed by atoms with Gasteiger partial charge in [0.2, 0.25) is 0 Å². The van der Waals surface area contributed by atoms with Crippen LogP contribution in [0.4, 0.5) is 0 Å². The normalized spacial score (nSPS) is 10.5. The highest BCUT2D eigenvalue weighted by molar-refractivity contribution is 9.10. The van der Waals surface area contributed by atoms with Crippen molar-refractivity contribution in [1.29, 1.82) is 0 Å². The van der Waals surface area contributed by atoms with Gasteiger partial charge in [-0.3, -0.25) is 0 Å². The molecule has 0 saturated carbocycles. The van der Waals surface area contributed by atoms with E-state index in [1.54, 1.807) is 0 Å². The minimum Gasteiger partial charge on any atom is -0.237 e. The van der Waals surface area contributed by atoms with Gasteiger partial charge in [-0.15, -0.1) is 0 Å². The van der Waals surface area contributed by atoms with Gasteiger partial charge in [0.25, 0.3) is 0 Å². The first kappa shape index (κ1) is 12.5. The molecule has 88 valence electrons. The number of rotatable bonds is 3. The summed E-state index contributed by atoms with van der Waals surface area (Å²) in [7, 11) is 0. The molecule has 0 aliphatic carbocycles. The van der Waals surface area contributed by atoms with Gasteiger partial charge in [-0.25, -0.2) is 9.97 Å². The molecule has 0 radical (unpaired) electrons. The van der Waals surface area contributed by atoms with Crippen molar-refractivity contribution in [2.75, 3.05) is 0 Å². The standard InChI is InChI=1S/C13H12BrClN2/c1-2-11-8-12(15)17-13(16-11)7-9-4-3-5-10(14)6-9/h3-6,8H,2,7H2,1H3. The zero-order valence-electron chi connectivity index (χ0n) is 9.45. The Balaban J connectivity index is 2.26. The molecule has 17 heavy (non-hydrogen) atoms. The molecule has 1 aromatic heterocycles. The SMILES string of the molecule is CCc1cc(Cl)nc(Cc2cccc(Br)c2)n1. The summed E-state index contributed by atoms with van der Waals surface area (Å²) in [6.07, 6.45) is 1.57. The van der Waals surface area contributed by atoms with E-state index in [1.807, 2.05) is 18.2 Å². The molecule has 0 atom stereocenters. The maximum Gasteiger partial charge on any atom is 0.134 e. The molecule has 0 aliphatic rings. The Labute approximate surface area is 114 Å². The lowest BCUT2D eigenvalue weighted by atomic mass is 10.1. The van der Waals surface area contributed by atoms with Crippen molar-refractivity contribution in [1.82, 2.24) is 9.97 Å². The average molecular weight is 312 g/mol. The van der Waals surface area contributed by atoms with Crippen LogP contribution >= 0.6 is 27.5 Å². The molecule has 2 rings (SSSR count). The van der Waals surface area contributed by atoms with Crippen LogP contribution in [0.3, 0.4) is 0 Å². The molecule has 0 aliphatic heterocycles. The van der Waals surface area contributed by atoms with Crippen molar-refractivity contribution >= 4 is 27.5 Å². The molecule has 2 aromatic rings. The van der Waals surface area contributed by atoms with E-state index in [1.165, 1.54) is 5.56 Å². The average Bonchev–Trinajstić information content (AvgIpc) is 2.28. The summed E-state index contributed by atoms with van der Waals surface area (Å²) in [4.78, 5) is 8.71. The monoisotopic (exact) mass is 310 g/mol. The third-order valence-electron chi connectivity index (χ3n) is 2.41. The second kappa shape index (κ2) is 5.61. The number of aryl methyl sites for hydroxylation is 1. The predicted molar refractivity (Wildman–Crippen MR) is 73.4 cm³/mol. The molecule has 0 spiro atoms. The molecule has 1 aromatic carbocycles. The summed E-state index contributed by atoms with van der Waals surface area (Å²) in [6, 6.07) is 9.94. The van der Waals surface area contributed by atoms with Crippen LogP contribution in [0.1, 0.15) is 24.0 Å². The summed E-state index contributed by atoms with van der Waals surface area (Å²) < 4.78 is 1.06. The van der Waals surface area contributed by atoms with Gasteiger partial charge in [-0.1, -0.05) is 46.6 Å². The minimum atomic E-state index is 0.516. The molecule has 1 heterocycles. The lowest BCUT2D eigenvalue weighted by Gasteiger charge is -2.04. The Morgan fingerprint density at radius 1 is 1.24 bits per heavy atom. The quantitative estimate of drug-likeness (QED) is 0.799. The smallest absolute Gasteiger partial charge is 0.134 e. The first-order valence-corrected chi connectivity index (χ1v) is 6.61. The fraction of sp³-hybridized carbons (Fsp3) is 0.231. The number of hydrogen-bond donors (Lipinski definition) is 0. The summed E-state index contributed by atoms with van der Waals surface area (Å²) in [6.45, 7) is 2.06. The number of aromatic nitrogens is 2. The van der Waals surface area contributed by atoms with Crippen molar-refractivity contribution in [2.45, 2.75) is 19.8 Å². The van der Waals surface area contributed by atoms with Crippen LogP contribution in [0.2, 0.25) is 5.15 Å². The van der Waals surface area contributed by atoms with E-state index < -0.39 is 0 Å². The van der Waals surface area contributed by atoms with Crippen LogP contribution in [0.5, 0.6) is 0 Å². The largest absolute Gasteiger partial charge is 0.237 e. The maximum atomic E-state index is 5.97. The van der Waals surface area contributed by atoms with Gasteiger partial charge in [0, 0.05) is 16.6 Å². The number of halogens is 2. The zero-order valence-corrected chi connectivity index (χ0v) is 11.8. The summed E-state index contributed by atoms with van der Waals surface area (Å²) in [5.74, 6) is 0.771. The van der Waals surface area contributed by atoms with Gasteiger partial charge in [-0.2, -0.15) is 0 Å². The van der Waals surface area contributed by atoms with E-state index >= 15 is 0 Å². The Morgan fingerprint density at radius 2 is 2.06 bits per heavy atom. The van der Waals surface area contributed by atoms with Gasteiger partial charge in [0.05, 0.1) is 0 Å². The van der Waals surface area contributed by atoms with Gasteiger partial charge in [0.1, 0.15) is 11.0 Å². The molecular weight excluding hydrogens is 300 g/mol. The first-order chi connectivity index (χ1) is 8.17. The van der Waals surface area contributed by atoms with Crippen molar-refractivity contribution in [3.8, 4) is 0 Å². The first-order valence-electron chi connectivity index (χ1n) is 5.44. The third kappa shape index (κ3) is 3.51. The highest BCUT2D eigenvalue weighted by Gasteiger charge is 2.04. The second-order valence-electron chi connectivity index (χ2n) is 3.76. The summed E-state index contributed by atoms with van der Waals surface area (Å²) in [5.41, 5.74) is 2.15. The molecule has 0 bridgehead atoms. The number of benzene rings is 1. The van der Waals surface area contributed by atoms with Crippen LogP contribution in [0.15, 0.2) is 34.8 Å². The van der Waals surface area contributed by atoms with Gasteiger partial charge < -0.3 is 0 Å². The molecule has 0 N–H and O–H groups in total. The lowest BCUT2D eigenvalue weighted by Crippen LogP contribution is -2.00. The molecule has 2 nitrogen and oxygen atoms in total. The molecule has 0 amide bonds. The summed E-state index contributed by atoms with van der Waals surface area (Å²) in [5, 5.41) is 0.516. The number of nitrogens with zero attached hydrogens (tertiary/aromatic N) is 2. The third-order valence-corrected chi connectivity index (χ3v) is 3.09. The fourth-order valence-corrected chi connectivity index (χ4v) is 2.28. The highest BCUT2D eigenvalue weighted by Crippen LogP contribution is 2.15. The topological polar surface area (TPSA) is 25.8 Å². The maximum absolute atomic E-state index is 5.97. The van der Waals surface area contributed by atoms with E-state index in [2.05, 4.69) is 45.0 Å². The van der Waals surface area contributed by atoms with E-state index in [-0.39, 0.29) is 0 Å². The Morgan fingerprint density at radius 3 is 2.76 bits per heavy atom.